The van der Waals surface area contributed by atoms with Crippen LogP contribution in [0.4, 0.5) is 5.69 Å². The minimum atomic E-state index is -0.444. The summed E-state index contributed by atoms with van der Waals surface area (Å²) in [6.45, 7) is 1.74. The molecule has 0 spiro atoms. The number of carbonyl (C=O) groups excluding carboxylic acids is 1. The van der Waals surface area contributed by atoms with Gasteiger partial charge in [0.15, 0.2) is 5.75 Å². The lowest BCUT2D eigenvalue weighted by molar-refractivity contribution is -0.141. The van der Waals surface area contributed by atoms with Gasteiger partial charge in [0.1, 0.15) is 11.8 Å². The van der Waals surface area contributed by atoms with E-state index in [9.17, 15) is 4.79 Å². The number of hydrogen-bond donors (Lipinski definition) is 1. The van der Waals surface area contributed by atoms with Crippen LogP contribution in [0.1, 0.15) is 6.92 Å². The lowest BCUT2D eigenvalue weighted by Crippen LogP contribution is -2.27. The fourth-order valence-corrected chi connectivity index (χ4v) is 1.76. The SMILES string of the molecule is COC(=O)C(C)Nc1ccccc1Oc1ccccc1. The predicted molar refractivity (Wildman–Crippen MR) is 78.1 cm³/mol. The standard InChI is InChI=1S/C16H17NO3/c1-12(16(18)19-2)17-14-10-6-7-11-15(14)20-13-8-4-3-5-9-13/h3-12,17H,1-2H3. The molecule has 0 saturated carbocycles. The maximum atomic E-state index is 11.5. The highest BCUT2D eigenvalue weighted by Crippen LogP contribution is 2.29. The molecule has 0 aliphatic rings. The summed E-state index contributed by atoms with van der Waals surface area (Å²) in [7, 11) is 1.37. The second-order valence-corrected chi connectivity index (χ2v) is 4.30. The van der Waals surface area contributed by atoms with E-state index < -0.39 is 6.04 Å². The van der Waals surface area contributed by atoms with Crippen molar-refractivity contribution in [2.75, 3.05) is 12.4 Å². The molecule has 0 aliphatic heterocycles. The van der Waals surface area contributed by atoms with Crippen LogP contribution in [0, 0.1) is 0 Å². The van der Waals surface area contributed by atoms with Crippen LogP contribution in [0.25, 0.3) is 0 Å². The first kappa shape index (κ1) is 13.9. The Bertz CT molecular complexity index is 569. The summed E-state index contributed by atoms with van der Waals surface area (Å²) >= 11 is 0. The summed E-state index contributed by atoms with van der Waals surface area (Å²) in [6, 6.07) is 16.5. The van der Waals surface area contributed by atoms with Gasteiger partial charge in [0, 0.05) is 0 Å². The molecule has 0 amide bonds. The third-order valence-electron chi connectivity index (χ3n) is 2.78. The van der Waals surface area contributed by atoms with E-state index in [-0.39, 0.29) is 5.97 Å². The van der Waals surface area contributed by atoms with Crippen molar-refractivity contribution >= 4 is 11.7 Å². The number of para-hydroxylation sites is 3. The van der Waals surface area contributed by atoms with Gasteiger partial charge in [0.2, 0.25) is 0 Å². The molecule has 2 rings (SSSR count). The lowest BCUT2D eigenvalue weighted by atomic mass is 10.2. The molecule has 2 aromatic rings. The Hall–Kier alpha value is -2.49. The number of rotatable bonds is 5. The van der Waals surface area contributed by atoms with Crippen molar-refractivity contribution in [3.63, 3.8) is 0 Å². The molecule has 4 nitrogen and oxygen atoms in total. The molecule has 0 fully saturated rings. The number of esters is 1. The molecule has 0 heterocycles. The third kappa shape index (κ3) is 3.51. The van der Waals surface area contributed by atoms with Crippen molar-refractivity contribution in [2.45, 2.75) is 13.0 Å². The molecule has 1 unspecified atom stereocenters. The quantitative estimate of drug-likeness (QED) is 0.846. The van der Waals surface area contributed by atoms with Crippen LogP contribution in [-0.2, 0) is 9.53 Å². The molecule has 1 N–H and O–H groups in total. The Labute approximate surface area is 118 Å². The molecule has 104 valence electrons. The van der Waals surface area contributed by atoms with Crippen LogP contribution < -0.4 is 10.1 Å². The second kappa shape index (κ2) is 6.61. The van der Waals surface area contributed by atoms with Crippen molar-refractivity contribution in [2.24, 2.45) is 0 Å². The Morgan fingerprint density at radius 3 is 2.40 bits per heavy atom. The number of nitrogens with one attached hydrogen (secondary N) is 1. The van der Waals surface area contributed by atoms with E-state index in [1.165, 1.54) is 7.11 Å². The minimum Gasteiger partial charge on any atom is -0.467 e. The molecule has 0 saturated heterocycles. The zero-order chi connectivity index (χ0) is 14.4. The number of anilines is 1. The number of ether oxygens (including phenoxy) is 2. The first-order chi connectivity index (χ1) is 9.70. The highest BCUT2D eigenvalue weighted by molar-refractivity contribution is 5.79. The molecule has 0 aromatic heterocycles. The van der Waals surface area contributed by atoms with Gasteiger partial charge in [-0.15, -0.1) is 0 Å². The van der Waals surface area contributed by atoms with Gasteiger partial charge in [0.25, 0.3) is 0 Å². The van der Waals surface area contributed by atoms with Crippen LogP contribution in [0.2, 0.25) is 0 Å². The first-order valence-corrected chi connectivity index (χ1v) is 6.37. The van der Waals surface area contributed by atoms with Gasteiger partial charge in [-0.2, -0.15) is 0 Å². The highest BCUT2D eigenvalue weighted by atomic mass is 16.5. The summed E-state index contributed by atoms with van der Waals surface area (Å²) in [5.74, 6) is 1.08. The number of benzene rings is 2. The number of carbonyl (C=O) groups is 1. The highest BCUT2D eigenvalue weighted by Gasteiger charge is 2.14. The summed E-state index contributed by atoms with van der Waals surface area (Å²) in [5.41, 5.74) is 0.745. The molecule has 2 aromatic carbocycles. The lowest BCUT2D eigenvalue weighted by Gasteiger charge is -2.16. The van der Waals surface area contributed by atoms with Gasteiger partial charge in [-0.3, -0.25) is 0 Å². The van der Waals surface area contributed by atoms with Crippen LogP contribution in [-0.4, -0.2) is 19.1 Å². The largest absolute Gasteiger partial charge is 0.467 e. The molecule has 20 heavy (non-hydrogen) atoms. The maximum absolute atomic E-state index is 11.5. The number of hydrogen-bond acceptors (Lipinski definition) is 4. The van der Waals surface area contributed by atoms with E-state index in [1.54, 1.807) is 6.92 Å². The monoisotopic (exact) mass is 271 g/mol. The molecule has 4 heteroatoms. The van der Waals surface area contributed by atoms with Gasteiger partial charge in [0.05, 0.1) is 12.8 Å². The smallest absolute Gasteiger partial charge is 0.327 e. The van der Waals surface area contributed by atoms with E-state index in [4.69, 9.17) is 9.47 Å². The first-order valence-electron chi connectivity index (χ1n) is 6.37. The Balaban J connectivity index is 2.16. The van der Waals surface area contributed by atoms with Crippen molar-refractivity contribution < 1.29 is 14.3 Å². The molecular weight excluding hydrogens is 254 g/mol. The van der Waals surface area contributed by atoms with E-state index in [0.717, 1.165) is 11.4 Å². The fourth-order valence-electron chi connectivity index (χ4n) is 1.76. The van der Waals surface area contributed by atoms with Gasteiger partial charge >= 0.3 is 5.97 Å². The van der Waals surface area contributed by atoms with Crippen LogP contribution in [0.3, 0.4) is 0 Å². The van der Waals surface area contributed by atoms with E-state index >= 15 is 0 Å². The second-order valence-electron chi connectivity index (χ2n) is 4.30. The Morgan fingerprint density at radius 2 is 1.70 bits per heavy atom. The molecule has 1 atom stereocenters. The fraction of sp³-hybridized carbons (Fsp3) is 0.188. The number of methoxy groups -OCH3 is 1. The molecule has 0 bridgehead atoms. The van der Waals surface area contributed by atoms with E-state index in [2.05, 4.69) is 5.32 Å². The summed E-state index contributed by atoms with van der Waals surface area (Å²) < 4.78 is 10.5. The third-order valence-corrected chi connectivity index (χ3v) is 2.78. The summed E-state index contributed by atoms with van der Waals surface area (Å²) in [5, 5.41) is 3.08. The minimum absolute atomic E-state index is 0.320. The van der Waals surface area contributed by atoms with Crippen molar-refractivity contribution in [1.29, 1.82) is 0 Å². The Morgan fingerprint density at radius 1 is 1.05 bits per heavy atom. The van der Waals surface area contributed by atoms with Crippen LogP contribution in [0.5, 0.6) is 11.5 Å². The average Bonchev–Trinajstić information content (AvgIpc) is 2.49. The topological polar surface area (TPSA) is 47.6 Å². The zero-order valence-electron chi connectivity index (χ0n) is 11.5. The van der Waals surface area contributed by atoms with Gasteiger partial charge in [-0.1, -0.05) is 30.3 Å². The van der Waals surface area contributed by atoms with E-state index in [0.29, 0.717) is 5.75 Å². The van der Waals surface area contributed by atoms with Crippen LogP contribution >= 0.6 is 0 Å². The summed E-state index contributed by atoms with van der Waals surface area (Å²) in [6.07, 6.45) is 0. The maximum Gasteiger partial charge on any atom is 0.327 e. The predicted octanol–water partition coefficient (Wildman–Crippen LogP) is 3.45. The van der Waals surface area contributed by atoms with Gasteiger partial charge < -0.3 is 14.8 Å². The zero-order valence-corrected chi connectivity index (χ0v) is 11.5. The molecule has 0 aliphatic carbocycles. The van der Waals surface area contributed by atoms with Crippen molar-refractivity contribution in [1.82, 2.24) is 0 Å². The average molecular weight is 271 g/mol. The van der Waals surface area contributed by atoms with Crippen molar-refractivity contribution in [3.8, 4) is 11.5 Å². The molecule has 0 radical (unpaired) electrons. The Kier molecular flexibility index (Phi) is 4.60. The van der Waals surface area contributed by atoms with Crippen molar-refractivity contribution in [3.05, 3.63) is 54.6 Å². The van der Waals surface area contributed by atoms with Crippen LogP contribution in [0.15, 0.2) is 54.6 Å². The summed E-state index contributed by atoms with van der Waals surface area (Å²) in [4.78, 5) is 11.5. The van der Waals surface area contributed by atoms with Gasteiger partial charge in [-0.05, 0) is 31.2 Å². The van der Waals surface area contributed by atoms with Gasteiger partial charge in [-0.25, -0.2) is 4.79 Å². The normalized spacial score (nSPS) is 11.5. The van der Waals surface area contributed by atoms with E-state index in [1.807, 2.05) is 54.6 Å². The molecular formula is C16H17NO3.